The first-order valence-corrected chi connectivity index (χ1v) is 7.42. The van der Waals surface area contributed by atoms with Crippen molar-refractivity contribution in [3.8, 4) is 11.4 Å². The van der Waals surface area contributed by atoms with E-state index in [0.29, 0.717) is 5.28 Å². The third-order valence-corrected chi connectivity index (χ3v) is 3.33. The van der Waals surface area contributed by atoms with Gasteiger partial charge in [-0.25, -0.2) is 0 Å². The zero-order chi connectivity index (χ0) is 14.2. The predicted octanol–water partition coefficient (Wildman–Crippen LogP) is 3.81. The lowest BCUT2D eigenvalue weighted by Gasteiger charge is -2.08. The van der Waals surface area contributed by atoms with Gasteiger partial charge in [-0.2, -0.15) is 0 Å². The van der Waals surface area contributed by atoms with Crippen molar-refractivity contribution in [2.75, 3.05) is 13.2 Å². The lowest BCUT2D eigenvalue weighted by Crippen LogP contribution is -2.05. The number of ether oxygens (including phenoxy) is 1. The third kappa shape index (κ3) is 4.05. The molecular weight excluding hydrogens is 274 g/mol. The first-order valence-electron chi connectivity index (χ1n) is 7.04. The average molecular weight is 294 g/mol. The first kappa shape index (κ1) is 15.0. The molecule has 1 heterocycles. The number of nitrogens with zero attached hydrogens (tertiary/aromatic N) is 3. The van der Waals surface area contributed by atoms with E-state index in [-0.39, 0.29) is 0 Å². The Labute approximate surface area is 124 Å². The average Bonchev–Trinajstić information content (AvgIpc) is 2.85. The largest absolute Gasteiger partial charge is 0.381 e. The number of benzene rings is 1. The molecule has 0 atom stereocenters. The van der Waals surface area contributed by atoms with Crippen LogP contribution in [0.3, 0.4) is 0 Å². The molecular formula is C15H20ClN3O. The van der Waals surface area contributed by atoms with Crippen molar-refractivity contribution in [3.63, 3.8) is 0 Å². The Balaban J connectivity index is 1.93. The molecule has 0 amide bonds. The Hall–Kier alpha value is -1.39. The Morgan fingerprint density at radius 1 is 1.10 bits per heavy atom. The van der Waals surface area contributed by atoms with Crippen LogP contribution in [0, 0.1) is 0 Å². The summed E-state index contributed by atoms with van der Waals surface area (Å²) in [6, 6.07) is 9.96. The lowest BCUT2D eigenvalue weighted by molar-refractivity contribution is 0.126. The molecule has 0 aliphatic heterocycles. The van der Waals surface area contributed by atoms with Gasteiger partial charge in [0.1, 0.15) is 0 Å². The van der Waals surface area contributed by atoms with Gasteiger partial charge in [-0.3, -0.25) is 4.57 Å². The van der Waals surface area contributed by atoms with Crippen LogP contribution in [0.15, 0.2) is 30.3 Å². The second-order valence-electron chi connectivity index (χ2n) is 4.63. The molecule has 1 aromatic heterocycles. The summed E-state index contributed by atoms with van der Waals surface area (Å²) in [6.45, 7) is 4.50. The van der Waals surface area contributed by atoms with E-state index in [4.69, 9.17) is 16.3 Å². The maximum absolute atomic E-state index is 6.11. The van der Waals surface area contributed by atoms with Crippen LogP contribution in [-0.4, -0.2) is 28.0 Å². The van der Waals surface area contributed by atoms with E-state index in [1.165, 1.54) is 0 Å². The van der Waals surface area contributed by atoms with E-state index in [1.807, 2.05) is 34.9 Å². The summed E-state index contributed by atoms with van der Waals surface area (Å²) in [6.07, 6.45) is 3.18. The van der Waals surface area contributed by atoms with Gasteiger partial charge in [0, 0.05) is 25.3 Å². The van der Waals surface area contributed by atoms with Crippen LogP contribution in [0.5, 0.6) is 0 Å². The second-order valence-corrected chi connectivity index (χ2v) is 4.97. The molecule has 20 heavy (non-hydrogen) atoms. The maximum atomic E-state index is 6.11. The van der Waals surface area contributed by atoms with Crippen molar-refractivity contribution in [1.29, 1.82) is 0 Å². The molecule has 0 aliphatic rings. The highest BCUT2D eigenvalue weighted by atomic mass is 35.5. The van der Waals surface area contributed by atoms with Crippen LogP contribution >= 0.6 is 11.6 Å². The maximum Gasteiger partial charge on any atom is 0.225 e. The molecule has 5 heteroatoms. The van der Waals surface area contributed by atoms with Crippen molar-refractivity contribution in [1.82, 2.24) is 14.8 Å². The highest BCUT2D eigenvalue weighted by Gasteiger charge is 2.11. The van der Waals surface area contributed by atoms with E-state index in [0.717, 1.165) is 50.4 Å². The van der Waals surface area contributed by atoms with Gasteiger partial charge in [0.05, 0.1) is 0 Å². The summed E-state index contributed by atoms with van der Waals surface area (Å²) in [5.74, 6) is 0.809. The summed E-state index contributed by atoms with van der Waals surface area (Å²) >= 11 is 6.11. The van der Waals surface area contributed by atoms with Crippen molar-refractivity contribution in [2.45, 2.75) is 32.7 Å². The number of unbranched alkanes of at least 4 members (excludes halogenated alkanes) is 1. The van der Waals surface area contributed by atoms with Gasteiger partial charge < -0.3 is 4.74 Å². The van der Waals surface area contributed by atoms with E-state index in [9.17, 15) is 0 Å². The Kier molecular flexibility index (Phi) is 6.02. The summed E-state index contributed by atoms with van der Waals surface area (Å²) in [4.78, 5) is 0. The number of rotatable bonds is 8. The van der Waals surface area contributed by atoms with Crippen molar-refractivity contribution >= 4 is 11.6 Å². The van der Waals surface area contributed by atoms with Crippen LogP contribution in [0.25, 0.3) is 11.4 Å². The molecule has 2 aromatic rings. The number of aromatic nitrogens is 3. The molecule has 0 radical (unpaired) electrons. The second kappa shape index (κ2) is 8.02. The fourth-order valence-electron chi connectivity index (χ4n) is 1.96. The minimum absolute atomic E-state index is 0.428. The van der Waals surface area contributed by atoms with Crippen molar-refractivity contribution in [3.05, 3.63) is 35.6 Å². The van der Waals surface area contributed by atoms with Gasteiger partial charge in [0.25, 0.3) is 0 Å². The molecule has 0 aliphatic carbocycles. The molecule has 0 unspecified atom stereocenters. The van der Waals surface area contributed by atoms with Gasteiger partial charge >= 0.3 is 0 Å². The van der Waals surface area contributed by atoms with Gasteiger partial charge in [-0.05, 0) is 24.4 Å². The third-order valence-electron chi connectivity index (χ3n) is 3.05. The summed E-state index contributed by atoms with van der Waals surface area (Å²) in [5, 5.41) is 8.54. The van der Waals surface area contributed by atoms with Crippen LogP contribution in [-0.2, 0) is 11.3 Å². The quantitative estimate of drug-likeness (QED) is 0.695. The van der Waals surface area contributed by atoms with Crippen LogP contribution < -0.4 is 0 Å². The summed E-state index contributed by atoms with van der Waals surface area (Å²) in [5.41, 5.74) is 1.03. The molecule has 0 spiro atoms. The molecule has 108 valence electrons. The highest BCUT2D eigenvalue weighted by Crippen LogP contribution is 2.20. The zero-order valence-electron chi connectivity index (χ0n) is 11.8. The number of halogens is 1. The van der Waals surface area contributed by atoms with Crippen molar-refractivity contribution in [2.24, 2.45) is 0 Å². The predicted molar refractivity (Wildman–Crippen MR) is 80.8 cm³/mol. The van der Waals surface area contributed by atoms with E-state index < -0.39 is 0 Å². The van der Waals surface area contributed by atoms with E-state index in [2.05, 4.69) is 17.1 Å². The molecule has 0 saturated heterocycles. The van der Waals surface area contributed by atoms with Gasteiger partial charge in [-0.1, -0.05) is 43.7 Å². The molecule has 0 fully saturated rings. The smallest absolute Gasteiger partial charge is 0.225 e. The molecule has 0 N–H and O–H groups in total. The first-order chi connectivity index (χ1) is 9.83. The lowest BCUT2D eigenvalue weighted by atomic mass is 10.2. The number of hydrogen-bond donors (Lipinski definition) is 0. The topological polar surface area (TPSA) is 39.9 Å². The van der Waals surface area contributed by atoms with E-state index in [1.54, 1.807) is 0 Å². The Bertz CT molecular complexity index is 513. The zero-order valence-corrected chi connectivity index (χ0v) is 12.5. The minimum Gasteiger partial charge on any atom is -0.381 e. The monoisotopic (exact) mass is 293 g/mol. The van der Waals surface area contributed by atoms with Gasteiger partial charge in [-0.15, -0.1) is 10.2 Å². The normalized spacial score (nSPS) is 10.9. The number of hydrogen-bond acceptors (Lipinski definition) is 3. The minimum atomic E-state index is 0.428. The summed E-state index contributed by atoms with van der Waals surface area (Å²) < 4.78 is 7.49. The molecule has 0 bridgehead atoms. The molecule has 0 saturated carbocycles. The highest BCUT2D eigenvalue weighted by molar-refractivity contribution is 6.28. The fourth-order valence-corrected chi connectivity index (χ4v) is 2.16. The van der Waals surface area contributed by atoms with Crippen LogP contribution in [0.2, 0.25) is 5.28 Å². The van der Waals surface area contributed by atoms with Crippen LogP contribution in [0.4, 0.5) is 0 Å². The standard InChI is InChI=1S/C15H20ClN3O/c1-2-3-11-20-12-7-10-19-14(17-18-15(19)16)13-8-5-4-6-9-13/h4-6,8-9H,2-3,7,10-12H2,1H3. The fraction of sp³-hybridized carbons (Fsp3) is 0.467. The summed E-state index contributed by atoms with van der Waals surface area (Å²) in [7, 11) is 0. The van der Waals surface area contributed by atoms with Crippen LogP contribution in [0.1, 0.15) is 26.2 Å². The molecule has 1 aromatic carbocycles. The van der Waals surface area contributed by atoms with Gasteiger partial charge in [0.2, 0.25) is 5.28 Å². The Morgan fingerprint density at radius 3 is 2.60 bits per heavy atom. The molecule has 4 nitrogen and oxygen atoms in total. The van der Waals surface area contributed by atoms with Gasteiger partial charge in [0.15, 0.2) is 5.82 Å². The SMILES string of the molecule is CCCCOCCCn1c(Cl)nnc1-c1ccccc1. The Morgan fingerprint density at radius 2 is 1.85 bits per heavy atom. The van der Waals surface area contributed by atoms with Crippen molar-refractivity contribution < 1.29 is 4.74 Å². The van der Waals surface area contributed by atoms with E-state index >= 15 is 0 Å². The molecule has 2 rings (SSSR count).